The third-order valence-corrected chi connectivity index (χ3v) is 8.46. The molecule has 0 N–H and O–H groups in total. The largest absolute Gasteiger partial charge is 0.609 e. The summed E-state index contributed by atoms with van der Waals surface area (Å²) in [5.41, 5.74) is 0.162. The maximum Gasteiger partial charge on any atom is 0.410 e. The number of benzene rings is 1. The Kier molecular flexibility index (Phi) is 8.44. The van der Waals surface area contributed by atoms with Crippen LogP contribution >= 0.6 is 11.6 Å². The molecule has 15 heteroatoms. The fourth-order valence-corrected chi connectivity index (χ4v) is 5.94. The van der Waals surface area contributed by atoms with Gasteiger partial charge in [0.2, 0.25) is 5.88 Å². The fraction of sp³-hybridized carbons (Fsp3) is 0.483. The molecule has 5 heterocycles. The number of nitrogens with zero attached hydrogens (tertiary/aromatic N) is 7. The van der Waals surface area contributed by atoms with E-state index in [-0.39, 0.29) is 39.6 Å². The van der Waals surface area contributed by atoms with Crippen LogP contribution in [0.25, 0.3) is 21.8 Å². The first-order valence-corrected chi connectivity index (χ1v) is 16.3. The zero-order chi connectivity index (χ0) is 31.2. The van der Waals surface area contributed by atoms with E-state index in [9.17, 15) is 9.35 Å². The first-order chi connectivity index (χ1) is 21.0. The van der Waals surface area contributed by atoms with Crippen LogP contribution in [0, 0.1) is 5.82 Å². The smallest absolute Gasteiger partial charge is 0.410 e. The number of piperazine rings is 1. The number of halogens is 2. The first-order valence-electron chi connectivity index (χ1n) is 14.4. The Morgan fingerprint density at radius 1 is 1.18 bits per heavy atom. The number of rotatable bonds is 5. The van der Waals surface area contributed by atoms with Crippen LogP contribution in [-0.2, 0) is 20.6 Å². The summed E-state index contributed by atoms with van der Waals surface area (Å²) in [7, 11) is 0. The number of aromatic nitrogens is 5. The number of carbonyl (C=O) groups is 1. The molecule has 0 radical (unpaired) electrons. The predicted octanol–water partition coefficient (Wildman–Crippen LogP) is 5.45. The molecule has 2 unspecified atom stereocenters. The number of carbonyl (C=O) groups excluding carboxylic acids is 1. The molecule has 2 fully saturated rings. The molecule has 2 aliphatic rings. The lowest BCUT2D eigenvalue weighted by Crippen LogP contribution is -2.50. The van der Waals surface area contributed by atoms with E-state index in [2.05, 4.69) is 20.1 Å². The third-order valence-electron chi connectivity index (χ3n) is 7.41. The van der Waals surface area contributed by atoms with Crippen LogP contribution in [0.3, 0.4) is 0 Å². The summed E-state index contributed by atoms with van der Waals surface area (Å²) in [5.74, 6) is -0.0794. The van der Waals surface area contributed by atoms with Crippen molar-refractivity contribution >= 4 is 56.5 Å². The Labute approximate surface area is 261 Å². The second-order valence-corrected chi connectivity index (χ2v) is 13.3. The number of fused-ring (bicyclic) bond motifs is 2. The minimum atomic E-state index is -1.54. The first kappa shape index (κ1) is 30.6. The monoisotopic (exact) mass is 645 g/mol. The molecule has 4 aromatic rings. The molecule has 1 amide bonds. The predicted molar refractivity (Wildman–Crippen MR) is 163 cm³/mol. The van der Waals surface area contributed by atoms with Crippen molar-refractivity contribution in [3.63, 3.8) is 0 Å². The molecule has 234 valence electrons. The molecular weight excluding hydrogens is 613 g/mol. The van der Waals surface area contributed by atoms with Crippen LogP contribution in [-0.4, -0.2) is 84.9 Å². The minimum absolute atomic E-state index is 0.0361. The molecule has 0 saturated carbocycles. The van der Waals surface area contributed by atoms with Crippen LogP contribution < -0.4 is 9.64 Å². The highest BCUT2D eigenvalue weighted by molar-refractivity contribution is 7.90. The van der Waals surface area contributed by atoms with Crippen LogP contribution in [0.2, 0.25) is 5.02 Å². The van der Waals surface area contributed by atoms with Crippen LogP contribution in [0.5, 0.6) is 11.6 Å². The zero-order valence-corrected chi connectivity index (χ0v) is 26.5. The molecule has 0 spiro atoms. The Bertz CT molecular complexity index is 1700. The summed E-state index contributed by atoms with van der Waals surface area (Å²) in [6.07, 6.45) is 6.58. The lowest BCUT2D eigenvalue weighted by Gasteiger charge is -2.36. The van der Waals surface area contributed by atoms with Crippen LogP contribution in [0.15, 0.2) is 29.7 Å². The molecule has 2 atom stereocenters. The normalized spacial score (nSPS) is 18.6. The minimum Gasteiger partial charge on any atom is -0.609 e. The molecule has 0 aliphatic carbocycles. The third kappa shape index (κ3) is 6.08. The van der Waals surface area contributed by atoms with E-state index in [0.717, 1.165) is 19.3 Å². The molecule has 0 bridgehead atoms. The van der Waals surface area contributed by atoms with Gasteiger partial charge in [-0.2, -0.15) is 15.1 Å². The van der Waals surface area contributed by atoms with Crippen molar-refractivity contribution < 1.29 is 27.9 Å². The molecule has 6 rings (SSSR count). The average molecular weight is 646 g/mol. The number of ether oxygens (including phenoxy) is 3. The van der Waals surface area contributed by atoms with Crippen LogP contribution in [0.1, 0.15) is 46.3 Å². The Morgan fingerprint density at radius 3 is 2.64 bits per heavy atom. The summed E-state index contributed by atoms with van der Waals surface area (Å²) >= 11 is 4.91. The standard InChI is InChI=1S/C29H33ClFN7O5S/c1-29(2,3)43-28(39)37-12-10-36(11-13-37)25-17-8-9-32-26(23(17)34-27(35-25)44(4)40)42-24-18-16-33-38(21-7-5-6-14-41-21)20(18)15-19(31)22(24)30/h8-9,15-16,21H,5-7,10-14H2,1-4H3. The van der Waals surface area contributed by atoms with Gasteiger partial charge in [0.25, 0.3) is 0 Å². The molecule has 2 aliphatic heterocycles. The zero-order valence-electron chi connectivity index (χ0n) is 24.9. The van der Waals surface area contributed by atoms with E-state index >= 15 is 4.39 Å². The molecular formula is C29H33ClFN7O5S. The van der Waals surface area contributed by atoms with Gasteiger partial charge in [0.15, 0.2) is 12.0 Å². The molecule has 44 heavy (non-hydrogen) atoms. The second kappa shape index (κ2) is 12.1. The van der Waals surface area contributed by atoms with Gasteiger partial charge in [-0.25, -0.2) is 18.9 Å². The van der Waals surface area contributed by atoms with E-state index in [4.69, 9.17) is 25.8 Å². The van der Waals surface area contributed by atoms with Crippen molar-refractivity contribution in [1.82, 2.24) is 29.6 Å². The van der Waals surface area contributed by atoms with Gasteiger partial charge in [-0.15, -0.1) is 0 Å². The lowest BCUT2D eigenvalue weighted by atomic mass is 10.2. The van der Waals surface area contributed by atoms with Gasteiger partial charge in [0.1, 0.15) is 34.0 Å². The van der Waals surface area contributed by atoms with E-state index in [1.165, 1.54) is 18.5 Å². The van der Waals surface area contributed by atoms with Gasteiger partial charge < -0.3 is 28.6 Å². The van der Waals surface area contributed by atoms with Crippen molar-refractivity contribution in [3.8, 4) is 11.6 Å². The average Bonchev–Trinajstić information content (AvgIpc) is 3.42. The molecule has 12 nitrogen and oxygen atoms in total. The van der Waals surface area contributed by atoms with E-state index < -0.39 is 22.6 Å². The summed E-state index contributed by atoms with van der Waals surface area (Å²) in [5, 5.41) is 5.40. The SMILES string of the molecule is C[S+]([O-])c1nc(N2CCN(C(=O)OC(C)(C)C)CC2)c2ccnc(Oc3c(Cl)c(F)cc4c3cnn4C3CCCCO3)c2n1. The number of amides is 1. The summed E-state index contributed by atoms with van der Waals surface area (Å²) in [6, 6.07) is 3.06. The maximum absolute atomic E-state index is 15.2. The van der Waals surface area contributed by atoms with E-state index in [0.29, 0.717) is 54.9 Å². The lowest BCUT2D eigenvalue weighted by molar-refractivity contribution is -0.0366. The van der Waals surface area contributed by atoms with E-state index in [1.807, 2.05) is 25.7 Å². The van der Waals surface area contributed by atoms with Crippen LogP contribution in [0.4, 0.5) is 15.0 Å². The van der Waals surface area contributed by atoms with Crippen molar-refractivity contribution in [3.05, 3.63) is 35.4 Å². The van der Waals surface area contributed by atoms with Crippen molar-refractivity contribution in [2.75, 3.05) is 43.9 Å². The molecule has 1 aromatic carbocycles. The van der Waals surface area contributed by atoms with Gasteiger partial charge in [-0.3, -0.25) is 0 Å². The van der Waals surface area contributed by atoms with Crippen molar-refractivity contribution in [2.24, 2.45) is 0 Å². The molecule has 3 aromatic heterocycles. The number of hydrogen-bond donors (Lipinski definition) is 0. The number of hydrogen-bond acceptors (Lipinski definition) is 10. The van der Waals surface area contributed by atoms with E-state index in [1.54, 1.807) is 21.8 Å². The summed E-state index contributed by atoms with van der Waals surface area (Å²) in [4.78, 5) is 29.8. The number of anilines is 1. The van der Waals surface area contributed by atoms with Crippen molar-refractivity contribution in [2.45, 2.75) is 57.0 Å². The second-order valence-electron chi connectivity index (χ2n) is 11.7. The van der Waals surface area contributed by atoms with Gasteiger partial charge in [0, 0.05) is 56.2 Å². The van der Waals surface area contributed by atoms with Gasteiger partial charge >= 0.3 is 11.2 Å². The Hall–Kier alpha value is -3.46. The molecule has 2 saturated heterocycles. The quantitative estimate of drug-likeness (QED) is 0.204. The highest BCUT2D eigenvalue weighted by atomic mass is 35.5. The maximum atomic E-state index is 15.2. The highest BCUT2D eigenvalue weighted by Gasteiger charge is 2.30. The summed E-state index contributed by atoms with van der Waals surface area (Å²) < 4.78 is 47.1. The topological polar surface area (TPSA) is 131 Å². The Balaban J connectivity index is 1.36. The van der Waals surface area contributed by atoms with Crippen molar-refractivity contribution in [1.29, 1.82) is 0 Å². The summed E-state index contributed by atoms with van der Waals surface area (Å²) in [6.45, 7) is 7.81. The fourth-order valence-electron chi connectivity index (χ4n) is 5.31. The van der Waals surface area contributed by atoms with Gasteiger partial charge in [0.05, 0.1) is 22.5 Å². The highest BCUT2D eigenvalue weighted by Crippen LogP contribution is 2.41. The number of pyridine rings is 1. The van der Waals surface area contributed by atoms with Gasteiger partial charge in [-0.1, -0.05) is 11.6 Å². The van der Waals surface area contributed by atoms with Gasteiger partial charge in [-0.05, 0) is 46.1 Å². The Morgan fingerprint density at radius 2 is 1.95 bits per heavy atom.